The van der Waals surface area contributed by atoms with Gasteiger partial charge in [0.15, 0.2) is 0 Å². The van der Waals surface area contributed by atoms with Crippen molar-refractivity contribution in [1.82, 2.24) is 19.9 Å². The zero-order valence-electron chi connectivity index (χ0n) is 18.0. The molecule has 7 nitrogen and oxygen atoms in total. The van der Waals surface area contributed by atoms with Gasteiger partial charge in [-0.3, -0.25) is 5.32 Å². The van der Waals surface area contributed by atoms with Crippen LogP contribution in [0.5, 0.6) is 0 Å². The van der Waals surface area contributed by atoms with E-state index in [0.717, 1.165) is 57.8 Å². The van der Waals surface area contributed by atoms with E-state index in [1.165, 1.54) is 6.42 Å². The summed E-state index contributed by atoms with van der Waals surface area (Å²) in [4.78, 5) is 17.2. The van der Waals surface area contributed by atoms with E-state index < -0.39 is 0 Å². The number of nitrogens with zero attached hydrogens (tertiary/aromatic N) is 4. The first-order chi connectivity index (χ1) is 15.4. The number of likely N-dealkylation sites (N-methyl/N-ethyl adjacent to an activating group) is 1. The second-order valence-electron chi connectivity index (χ2n) is 8.45. The Morgan fingerprint density at radius 1 is 1.25 bits per heavy atom. The number of nitrogens with two attached hydrogens (primary N) is 1. The van der Waals surface area contributed by atoms with Crippen molar-refractivity contribution in [3.8, 4) is 11.3 Å². The van der Waals surface area contributed by atoms with Crippen molar-refractivity contribution in [2.45, 2.75) is 25.8 Å². The minimum absolute atomic E-state index is 0.525. The van der Waals surface area contributed by atoms with Crippen molar-refractivity contribution in [1.29, 1.82) is 0 Å². The third kappa shape index (κ3) is 4.45. The molecule has 2 aromatic heterocycles. The number of halogens is 1. The van der Waals surface area contributed by atoms with Crippen molar-refractivity contribution in [2.75, 3.05) is 30.8 Å². The summed E-state index contributed by atoms with van der Waals surface area (Å²) in [6.07, 6.45) is 3.60. The van der Waals surface area contributed by atoms with Gasteiger partial charge in [-0.1, -0.05) is 23.8 Å². The molecule has 0 bridgehead atoms. The Morgan fingerprint density at radius 2 is 2.12 bits per heavy atom. The molecular formula is C23H25ClN7S+. The maximum Gasteiger partial charge on any atom is 0.227 e. The Kier molecular flexibility index (Phi) is 5.77. The first-order valence-electron chi connectivity index (χ1n) is 10.7. The van der Waals surface area contributed by atoms with Crippen LogP contribution in [0.25, 0.3) is 11.3 Å². The van der Waals surface area contributed by atoms with Crippen LogP contribution in [0.2, 0.25) is 5.02 Å². The quantitative estimate of drug-likeness (QED) is 0.508. The third-order valence-corrected chi connectivity index (χ3v) is 6.40. The monoisotopic (exact) mass is 466 g/mol. The number of aryl methyl sites for hydroxylation is 1. The maximum atomic E-state index is 6.19. The molecule has 1 fully saturated rings. The molecule has 0 amide bonds. The molecule has 32 heavy (non-hydrogen) atoms. The molecule has 1 atom stereocenters. The minimum Gasteiger partial charge on any atom is -0.349 e. The van der Waals surface area contributed by atoms with E-state index in [2.05, 4.69) is 38.9 Å². The standard InChI is InChI=1S/C23H24ClN7S/c1-13-18(5-6-20(26-13)27-16-7-8-31(2)12-16)29-23-25-11-14-9-21(32)28-19-10-15(24)3-4-17(19)22(14)30-23/h3-6,10-11,16H,7-9,12H2,1-2H3,(H,26,27)(H,28,32)(H,25,29,30)/p+1. The molecule has 5 rings (SSSR count). The number of nitrogens with one attached hydrogen (secondary N) is 2. The number of hydrogen-bond donors (Lipinski definition) is 3. The van der Waals surface area contributed by atoms with Gasteiger partial charge < -0.3 is 15.5 Å². The van der Waals surface area contributed by atoms with Crippen molar-refractivity contribution in [3.63, 3.8) is 0 Å². The normalized spacial score (nSPS) is 18.0. The highest BCUT2D eigenvalue weighted by Crippen LogP contribution is 2.35. The molecule has 2 aliphatic heterocycles. The van der Waals surface area contributed by atoms with Gasteiger partial charge in [-0.2, -0.15) is 4.98 Å². The topological polar surface area (TPSA) is 82.6 Å². The number of benzene rings is 1. The van der Waals surface area contributed by atoms with Crippen molar-refractivity contribution < 1.29 is 5.32 Å². The van der Waals surface area contributed by atoms with E-state index in [1.807, 2.05) is 37.4 Å². The number of quaternary nitrogens is 1. The highest BCUT2D eigenvalue weighted by atomic mass is 35.5. The number of fused-ring (bicyclic) bond motifs is 3. The number of likely N-dealkylation sites (tertiary alicyclic amines) is 1. The Balaban J connectivity index is 1.40. The van der Waals surface area contributed by atoms with Gasteiger partial charge in [-0.15, -0.1) is 0 Å². The van der Waals surface area contributed by atoms with Gasteiger partial charge in [0, 0.05) is 53.5 Å². The summed E-state index contributed by atoms with van der Waals surface area (Å²) in [6.45, 7) is 4.24. The number of aromatic nitrogens is 3. The fourth-order valence-corrected chi connectivity index (χ4v) is 4.73. The van der Waals surface area contributed by atoms with E-state index in [0.29, 0.717) is 23.4 Å². The van der Waals surface area contributed by atoms with Gasteiger partial charge in [0.1, 0.15) is 6.04 Å². The lowest BCUT2D eigenvalue weighted by Crippen LogP contribution is -2.85. The van der Waals surface area contributed by atoms with Crippen LogP contribution in [0.4, 0.5) is 23.1 Å². The molecule has 2 aliphatic rings. The van der Waals surface area contributed by atoms with Crippen LogP contribution in [-0.4, -0.2) is 51.0 Å². The summed E-state index contributed by atoms with van der Waals surface area (Å²) in [5, 5.41) is 9.53. The molecular weight excluding hydrogens is 442 g/mol. The predicted molar refractivity (Wildman–Crippen MR) is 132 cm³/mol. The van der Waals surface area contributed by atoms with Gasteiger partial charge in [0.05, 0.1) is 28.6 Å². The molecule has 0 saturated carbocycles. The summed E-state index contributed by atoms with van der Waals surface area (Å²) in [5.74, 6) is 1.54. The number of hydrogen-bond acceptors (Lipinski definition) is 6. The molecule has 4 heterocycles. The Bertz CT molecular complexity index is 1200. The molecule has 1 saturated heterocycles. The Labute approximate surface area is 197 Å². The average Bonchev–Trinajstić information content (AvgIpc) is 3.09. The lowest BCUT2D eigenvalue weighted by atomic mass is 10.1. The van der Waals surface area contributed by atoms with Crippen LogP contribution in [0.3, 0.4) is 0 Å². The molecule has 0 aliphatic carbocycles. The van der Waals surface area contributed by atoms with Crippen LogP contribution in [0.1, 0.15) is 17.7 Å². The molecule has 3 aromatic rings. The second-order valence-corrected chi connectivity index (χ2v) is 9.38. The van der Waals surface area contributed by atoms with E-state index in [-0.39, 0.29) is 0 Å². The number of rotatable bonds is 4. The molecule has 164 valence electrons. The third-order valence-electron chi connectivity index (χ3n) is 5.91. The van der Waals surface area contributed by atoms with Gasteiger partial charge >= 0.3 is 0 Å². The summed E-state index contributed by atoms with van der Waals surface area (Å²) >= 11 is 11.7. The molecule has 9 heteroatoms. The van der Waals surface area contributed by atoms with Gasteiger partial charge in [0.2, 0.25) is 11.8 Å². The fraction of sp³-hybridized carbons (Fsp3) is 0.304. The predicted octanol–water partition coefficient (Wildman–Crippen LogP) is 3.44. The van der Waals surface area contributed by atoms with E-state index in [1.54, 1.807) is 0 Å². The highest BCUT2D eigenvalue weighted by molar-refractivity contribution is 7.80. The Hall–Kier alpha value is -2.65. The minimum atomic E-state index is 0.525. The number of pyridine rings is 1. The van der Waals surface area contributed by atoms with Crippen molar-refractivity contribution >= 4 is 51.9 Å². The number of anilines is 3. The van der Waals surface area contributed by atoms with E-state index >= 15 is 0 Å². The van der Waals surface area contributed by atoms with Crippen LogP contribution in [0.15, 0.2) is 36.5 Å². The van der Waals surface area contributed by atoms with Gasteiger partial charge in [-0.25, -0.2) is 9.97 Å². The zero-order valence-corrected chi connectivity index (χ0v) is 19.6. The largest absolute Gasteiger partial charge is 0.349 e. The van der Waals surface area contributed by atoms with Crippen LogP contribution in [0, 0.1) is 6.92 Å². The molecule has 4 N–H and O–H groups in total. The SMILES string of the molecule is Cc1nc([NH2+]C2CCN(C)C2)ccc1Nc1ncc2c(n1)-c1ccc(Cl)cc1NC(=S)C2. The zero-order chi connectivity index (χ0) is 22.2. The Morgan fingerprint density at radius 3 is 2.91 bits per heavy atom. The number of thiocarbonyl (C=S) groups is 1. The molecule has 0 spiro atoms. The first-order valence-corrected chi connectivity index (χ1v) is 11.5. The van der Waals surface area contributed by atoms with Crippen LogP contribution in [-0.2, 0) is 6.42 Å². The molecule has 1 aromatic carbocycles. The van der Waals surface area contributed by atoms with Crippen LogP contribution >= 0.6 is 23.8 Å². The second kappa shape index (κ2) is 8.71. The summed E-state index contributed by atoms with van der Waals surface area (Å²) in [5.41, 5.74) is 5.46. The average molecular weight is 467 g/mol. The van der Waals surface area contributed by atoms with Crippen molar-refractivity contribution in [3.05, 3.63) is 52.8 Å². The summed E-state index contributed by atoms with van der Waals surface area (Å²) in [7, 11) is 2.16. The smallest absolute Gasteiger partial charge is 0.227 e. The lowest BCUT2D eigenvalue weighted by molar-refractivity contribution is -0.610. The first kappa shape index (κ1) is 21.2. The van der Waals surface area contributed by atoms with E-state index in [9.17, 15) is 0 Å². The molecule has 0 radical (unpaired) electrons. The lowest BCUT2D eigenvalue weighted by Gasteiger charge is -2.13. The maximum absolute atomic E-state index is 6.19. The summed E-state index contributed by atoms with van der Waals surface area (Å²) in [6, 6.07) is 10.4. The van der Waals surface area contributed by atoms with E-state index in [4.69, 9.17) is 33.8 Å². The highest BCUT2D eigenvalue weighted by Gasteiger charge is 2.24. The van der Waals surface area contributed by atoms with Gasteiger partial charge in [0.25, 0.3) is 0 Å². The van der Waals surface area contributed by atoms with Crippen LogP contribution < -0.4 is 16.0 Å². The molecule has 1 unspecified atom stereocenters. The van der Waals surface area contributed by atoms with Gasteiger partial charge in [-0.05, 0) is 38.2 Å². The van der Waals surface area contributed by atoms with Crippen molar-refractivity contribution in [2.24, 2.45) is 0 Å². The summed E-state index contributed by atoms with van der Waals surface area (Å²) < 4.78 is 0. The fourth-order valence-electron chi connectivity index (χ4n) is 4.30.